The lowest BCUT2D eigenvalue weighted by molar-refractivity contribution is -0.140. The second-order valence-electron chi connectivity index (χ2n) is 6.82. The minimum absolute atomic E-state index is 0.0439. The minimum atomic E-state index is -0.590. The number of para-hydroxylation sites is 2. The van der Waals surface area contributed by atoms with Crippen molar-refractivity contribution >= 4 is 33.4 Å². The minimum Gasteiger partial charge on any atom is -0.506 e. The molecule has 148 valence electrons. The molecule has 2 N–H and O–H groups in total. The van der Waals surface area contributed by atoms with E-state index >= 15 is 0 Å². The number of ether oxygens (including phenoxy) is 1. The molecule has 1 atom stereocenters. The van der Waals surface area contributed by atoms with Crippen molar-refractivity contribution in [3.05, 3.63) is 53.0 Å². The molecule has 1 saturated heterocycles. The van der Waals surface area contributed by atoms with Crippen LogP contribution in [0.2, 0.25) is 0 Å². The molecule has 1 aliphatic rings. The predicted octanol–water partition coefficient (Wildman–Crippen LogP) is 3.80. The van der Waals surface area contributed by atoms with Crippen LogP contribution in [0.5, 0.6) is 11.5 Å². The first-order chi connectivity index (χ1) is 13.4. The number of hydrogen-bond donors (Lipinski definition) is 2. The molecule has 2 aromatic rings. The van der Waals surface area contributed by atoms with Crippen LogP contribution in [0.15, 0.2) is 53.0 Å². The average molecular weight is 447 g/mol. The van der Waals surface area contributed by atoms with Crippen LogP contribution in [-0.4, -0.2) is 41.0 Å². The fourth-order valence-electron chi connectivity index (χ4n) is 3.20. The van der Waals surface area contributed by atoms with Gasteiger partial charge in [0.05, 0.1) is 5.69 Å². The zero-order valence-electron chi connectivity index (χ0n) is 15.6. The van der Waals surface area contributed by atoms with Crippen molar-refractivity contribution in [3.63, 3.8) is 0 Å². The number of aromatic hydroxyl groups is 1. The van der Waals surface area contributed by atoms with E-state index in [1.165, 1.54) is 6.07 Å². The Bertz CT molecular complexity index is 833. The third kappa shape index (κ3) is 5.04. The molecule has 0 radical (unpaired) electrons. The summed E-state index contributed by atoms with van der Waals surface area (Å²) in [5, 5.41) is 12.5. The van der Waals surface area contributed by atoms with Crippen LogP contribution in [0.25, 0.3) is 0 Å². The number of nitrogens with zero attached hydrogens (tertiary/aromatic N) is 1. The highest BCUT2D eigenvalue weighted by molar-refractivity contribution is 9.10. The number of nitrogens with one attached hydrogen (secondary N) is 1. The van der Waals surface area contributed by atoms with Crippen LogP contribution in [0.4, 0.5) is 5.69 Å². The van der Waals surface area contributed by atoms with Gasteiger partial charge in [0.15, 0.2) is 6.10 Å². The molecule has 6 nitrogen and oxygen atoms in total. The van der Waals surface area contributed by atoms with E-state index in [4.69, 9.17) is 4.74 Å². The first-order valence-corrected chi connectivity index (χ1v) is 10.0. The van der Waals surface area contributed by atoms with Gasteiger partial charge < -0.3 is 20.1 Å². The Hall–Kier alpha value is -2.54. The van der Waals surface area contributed by atoms with Gasteiger partial charge in [0.2, 0.25) is 5.91 Å². The van der Waals surface area contributed by atoms with Crippen LogP contribution in [0.3, 0.4) is 0 Å². The van der Waals surface area contributed by atoms with E-state index in [-0.39, 0.29) is 23.5 Å². The summed E-state index contributed by atoms with van der Waals surface area (Å²) in [4.78, 5) is 26.8. The van der Waals surface area contributed by atoms with Crippen molar-refractivity contribution in [2.45, 2.75) is 25.9 Å². The van der Waals surface area contributed by atoms with Gasteiger partial charge >= 0.3 is 0 Å². The summed E-state index contributed by atoms with van der Waals surface area (Å²) in [7, 11) is 0. The Kier molecular flexibility index (Phi) is 6.57. The molecular formula is C21H23BrN2O4. The lowest BCUT2D eigenvalue weighted by Crippen LogP contribution is -2.46. The number of benzene rings is 2. The quantitative estimate of drug-likeness (QED) is 0.684. The van der Waals surface area contributed by atoms with Gasteiger partial charge in [-0.3, -0.25) is 9.59 Å². The van der Waals surface area contributed by atoms with Gasteiger partial charge in [0.1, 0.15) is 11.5 Å². The topological polar surface area (TPSA) is 78.9 Å². The predicted molar refractivity (Wildman–Crippen MR) is 110 cm³/mol. The number of piperidine rings is 1. The van der Waals surface area contributed by atoms with Crippen molar-refractivity contribution in [2.24, 2.45) is 5.92 Å². The van der Waals surface area contributed by atoms with E-state index in [1.54, 1.807) is 30.0 Å². The van der Waals surface area contributed by atoms with Crippen LogP contribution in [0, 0.1) is 5.92 Å². The number of rotatable bonds is 5. The number of halogens is 1. The first kappa shape index (κ1) is 20.2. The normalized spacial score (nSPS) is 15.7. The Morgan fingerprint density at radius 1 is 1.14 bits per heavy atom. The molecule has 0 aliphatic carbocycles. The van der Waals surface area contributed by atoms with Crippen LogP contribution < -0.4 is 10.1 Å². The van der Waals surface area contributed by atoms with Gasteiger partial charge in [-0.05, 0) is 56.2 Å². The molecule has 0 saturated carbocycles. The summed E-state index contributed by atoms with van der Waals surface area (Å²) in [6, 6.07) is 14.0. The number of carbonyl (C=O) groups excluding carboxylic acids is 2. The maximum atomic E-state index is 12.6. The number of likely N-dealkylation sites (tertiary alicyclic amines) is 1. The van der Waals surface area contributed by atoms with Crippen molar-refractivity contribution in [1.82, 2.24) is 4.90 Å². The van der Waals surface area contributed by atoms with Gasteiger partial charge in [0, 0.05) is 23.5 Å². The van der Waals surface area contributed by atoms with Gasteiger partial charge in [-0.1, -0.05) is 28.1 Å². The van der Waals surface area contributed by atoms with E-state index in [1.807, 2.05) is 24.3 Å². The number of carbonyl (C=O) groups is 2. The van der Waals surface area contributed by atoms with Crippen LogP contribution in [-0.2, 0) is 9.59 Å². The van der Waals surface area contributed by atoms with Crippen LogP contribution in [0.1, 0.15) is 19.8 Å². The Balaban J connectivity index is 1.50. The number of hydrogen-bond acceptors (Lipinski definition) is 4. The molecule has 0 spiro atoms. The fraction of sp³-hybridized carbons (Fsp3) is 0.333. The fourth-order valence-corrected chi connectivity index (χ4v) is 3.47. The highest BCUT2D eigenvalue weighted by Gasteiger charge is 2.30. The number of amides is 2. The summed E-state index contributed by atoms with van der Waals surface area (Å²) in [6.07, 6.45) is 0.569. The maximum Gasteiger partial charge on any atom is 0.263 e. The monoisotopic (exact) mass is 446 g/mol. The molecule has 1 heterocycles. The second-order valence-corrected chi connectivity index (χ2v) is 7.74. The lowest BCUT2D eigenvalue weighted by Gasteiger charge is -2.33. The van der Waals surface area contributed by atoms with Gasteiger partial charge in [-0.2, -0.15) is 0 Å². The molecule has 2 aromatic carbocycles. The van der Waals surface area contributed by atoms with E-state index in [9.17, 15) is 14.7 Å². The third-order valence-corrected chi connectivity index (χ3v) is 5.34. The summed E-state index contributed by atoms with van der Waals surface area (Å²) in [5.74, 6) is 0.282. The molecule has 2 amide bonds. The molecule has 1 aliphatic heterocycles. The van der Waals surface area contributed by atoms with Crippen LogP contribution >= 0.6 is 15.9 Å². The smallest absolute Gasteiger partial charge is 0.263 e. The zero-order valence-corrected chi connectivity index (χ0v) is 17.2. The number of phenols is 1. The summed E-state index contributed by atoms with van der Waals surface area (Å²) in [5.41, 5.74) is 0.405. The van der Waals surface area contributed by atoms with E-state index in [0.717, 1.165) is 4.47 Å². The zero-order chi connectivity index (χ0) is 20.1. The van der Waals surface area contributed by atoms with E-state index in [2.05, 4.69) is 21.2 Å². The molecule has 0 aromatic heterocycles. The van der Waals surface area contributed by atoms with Crippen molar-refractivity contribution in [2.75, 3.05) is 18.4 Å². The molecular weight excluding hydrogens is 424 g/mol. The number of phenolic OH excluding ortho intramolecular Hbond substituents is 1. The van der Waals surface area contributed by atoms with Crippen molar-refractivity contribution in [3.8, 4) is 11.5 Å². The van der Waals surface area contributed by atoms with Crippen molar-refractivity contribution < 1.29 is 19.4 Å². The Morgan fingerprint density at radius 3 is 2.43 bits per heavy atom. The third-order valence-electron chi connectivity index (χ3n) is 4.81. The van der Waals surface area contributed by atoms with Gasteiger partial charge in [0.25, 0.3) is 5.91 Å². The molecule has 0 unspecified atom stereocenters. The van der Waals surface area contributed by atoms with Gasteiger partial charge in [-0.25, -0.2) is 0 Å². The summed E-state index contributed by atoms with van der Waals surface area (Å²) in [6.45, 7) is 2.75. The van der Waals surface area contributed by atoms with E-state index < -0.39 is 6.10 Å². The Labute approximate surface area is 172 Å². The highest BCUT2D eigenvalue weighted by atomic mass is 79.9. The Morgan fingerprint density at radius 2 is 1.79 bits per heavy atom. The molecule has 1 fully saturated rings. The molecule has 28 heavy (non-hydrogen) atoms. The lowest BCUT2D eigenvalue weighted by atomic mass is 9.95. The van der Waals surface area contributed by atoms with Crippen molar-refractivity contribution in [1.29, 1.82) is 0 Å². The summed E-state index contributed by atoms with van der Waals surface area (Å²) >= 11 is 3.37. The molecule has 0 bridgehead atoms. The summed E-state index contributed by atoms with van der Waals surface area (Å²) < 4.78 is 6.68. The standard InChI is InChI=1S/C21H23BrN2O4/c1-14(28-17-8-6-16(22)7-9-17)21(27)24-12-10-15(11-13-24)20(26)23-18-4-2-3-5-19(18)25/h2-9,14-15,25H,10-13H2,1H3,(H,23,26)/t14-/m1/s1. The first-order valence-electron chi connectivity index (χ1n) is 9.24. The highest BCUT2D eigenvalue weighted by Crippen LogP contribution is 2.25. The van der Waals surface area contributed by atoms with Gasteiger partial charge in [-0.15, -0.1) is 0 Å². The molecule has 3 rings (SSSR count). The molecule has 7 heteroatoms. The SMILES string of the molecule is C[C@@H](Oc1ccc(Br)cc1)C(=O)N1CCC(C(=O)Nc2ccccc2O)CC1. The second kappa shape index (κ2) is 9.10. The largest absolute Gasteiger partial charge is 0.506 e. The maximum absolute atomic E-state index is 12.6. The average Bonchev–Trinajstić information content (AvgIpc) is 2.71. The van der Waals surface area contributed by atoms with E-state index in [0.29, 0.717) is 37.4 Å². The number of anilines is 1.